The molecule has 598 valence electrons. The number of H-pyrrole nitrogens is 4. The molecule has 8 heterocycles. The summed E-state index contributed by atoms with van der Waals surface area (Å²) in [4.78, 5) is 209. The van der Waals surface area contributed by atoms with Crippen LogP contribution < -0.4 is 48.7 Å². The van der Waals surface area contributed by atoms with E-state index >= 15 is 52.7 Å². The minimum absolute atomic E-state index is 0.0266. The predicted octanol–water partition coefficient (Wildman–Crippen LogP) is 3.51. The van der Waals surface area contributed by atoms with Crippen LogP contribution >= 0.6 is 21.6 Å². The number of carbonyl (C=O) groups is 12. The van der Waals surface area contributed by atoms with Crippen LogP contribution in [0.15, 0.2) is 147 Å². The van der Waals surface area contributed by atoms with Crippen molar-refractivity contribution in [3.8, 4) is 0 Å². The van der Waals surface area contributed by atoms with Gasteiger partial charge in [-0.2, -0.15) is 0 Å². The predicted molar refractivity (Wildman–Crippen MR) is 428 cm³/mol. The summed E-state index contributed by atoms with van der Waals surface area (Å²) in [6.45, 7) is 2.60. The van der Waals surface area contributed by atoms with Crippen molar-refractivity contribution < 1.29 is 57.5 Å². The first kappa shape index (κ1) is 81.7. The molecule has 0 saturated carbocycles. The number of amidine groups is 1. The summed E-state index contributed by atoms with van der Waals surface area (Å²) in [5, 5.41) is 38.0. The Morgan fingerprint density at radius 2 is 1.02 bits per heavy atom. The molecule has 0 aliphatic carbocycles. The maximum Gasteiger partial charge on any atom is 0.246 e. The number of para-hydroxylation sites is 2. The average molecular weight is 1590 g/mol. The molecule has 8 aromatic rings. The summed E-state index contributed by atoms with van der Waals surface area (Å²) in [7, 11) is 2.09. The summed E-state index contributed by atoms with van der Waals surface area (Å²) < 4.78 is 0. The first-order valence-electron chi connectivity index (χ1n) is 38.2. The first-order valence-corrected chi connectivity index (χ1v) is 40.7. The molecule has 0 spiro atoms. The molecule has 4 saturated heterocycles. The number of nitrogens with zero attached hydrogens (tertiary/aromatic N) is 4. The van der Waals surface area contributed by atoms with Crippen molar-refractivity contribution in [1.82, 2.24) is 76.9 Å². The number of hydrogen-bond acceptors (Lipinski definition) is 18. The molecular weight excluding hydrogens is 1500 g/mol. The van der Waals surface area contributed by atoms with E-state index in [0.717, 1.165) is 32.5 Å². The van der Waals surface area contributed by atoms with Gasteiger partial charge >= 0.3 is 0 Å². The largest absolute Gasteiger partial charge is 0.388 e. The van der Waals surface area contributed by atoms with Crippen LogP contribution in [0.4, 0.5) is 0 Å². The standard InChI is InChI=1S/C81H95N19O12S2/c1-44-21-69(102)53-31-70(103)49(26-51-34-88-59-19-11-9-17-57(51)59)29-71(104)66-33-56(93-81(84)85)39-100(66)80(112)64(23-47-15-7-4-8-16-47)97-76(108)62(32-55-37-87-43-91-55)94-73(105)45(2)92-77(109)65(41-114-113-40-53)98-75(107)61(28-52-35-89-60-20-12-10-18-58(52)60)95-78(110)67-24-48(25-72(82)83)38-99(67)79(111)63(22-46-13-5-3-6-14-46)96-74(106)50(30-68(44)101)27-54-36-86-42-90-54/h3-20,34-37,42-45,48-50,53,56,61-67,88-89H,21-33,38-41H2,1-2H3,(H3,82,83)(H,86,90)(H,87,91)(H,92,109)(H,94,105)(H,95,110)(H,96,106)(H,97,108)(H,98,107)(H4,84,85,93)/t44-,45+,48-,49-,50-,53+,56+,61+,62+,63-,64-,65+,66+,67+/m1/s1. The number of aromatic amines is 4. The number of benzene rings is 4. The van der Waals surface area contributed by atoms with Crippen LogP contribution in [0.5, 0.6) is 0 Å². The molecule has 4 aliphatic heterocycles. The summed E-state index contributed by atoms with van der Waals surface area (Å²) in [6.07, 6.45) is 6.47. The summed E-state index contributed by atoms with van der Waals surface area (Å²) in [5.41, 5.74) is 16.5. The van der Waals surface area contributed by atoms with Gasteiger partial charge in [0, 0.05) is 159 Å². The molecule has 4 aromatic carbocycles. The van der Waals surface area contributed by atoms with Crippen molar-refractivity contribution in [2.75, 3.05) is 24.6 Å². The Kier molecular flexibility index (Phi) is 27.0. The van der Waals surface area contributed by atoms with Gasteiger partial charge in [0.05, 0.1) is 41.8 Å². The monoisotopic (exact) mass is 1590 g/mol. The van der Waals surface area contributed by atoms with Crippen molar-refractivity contribution in [3.63, 3.8) is 0 Å². The number of carbonyl (C=O) groups excluding carboxylic acids is 12. The van der Waals surface area contributed by atoms with Crippen LogP contribution in [0, 0.1) is 40.4 Å². The minimum Gasteiger partial charge on any atom is -0.388 e. The molecule has 0 unspecified atom stereocenters. The third kappa shape index (κ3) is 20.9. The highest BCUT2D eigenvalue weighted by atomic mass is 33.1. The van der Waals surface area contributed by atoms with Crippen molar-refractivity contribution in [2.45, 2.75) is 152 Å². The van der Waals surface area contributed by atoms with Gasteiger partial charge in [-0.05, 0) is 66.5 Å². The van der Waals surface area contributed by atoms with Gasteiger partial charge in [0.2, 0.25) is 47.3 Å². The Balaban J connectivity index is 0.961. The Hall–Kier alpha value is -11.7. The second kappa shape index (κ2) is 37.7. The fourth-order valence-corrected chi connectivity index (χ4v) is 18.2. The van der Waals surface area contributed by atoms with E-state index in [4.69, 9.17) is 22.3 Å². The zero-order valence-electron chi connectivity index (χ0n) is 63.1. The van der Waals surface area contributed by atoms with E-state index in [0.29, 0.717) is 44.5 Å². The van der Waals surface area contributed by atoms with Crippen molar-refractivity contribution in [3.05, 3.63) is 180 Å². The lowest BCUT2D eigenvalue weighted by Gasteiger charge is -2.31. The highest BCUT2D eigenvalue weighted by molar-refractivity contribution is 8.76. The molecule has 14 atom stereocenters. The molecule has 4 fully saturated rings. The Bertz CT molecular complexity index is 4550. The normalized spacial score (nSPS) is 26.2. The van der Waals surface area contributed by atoms with Crippen molar-refractivity contribution in [2.24, 2.45) is 41.1 Å². The Morgan fingerprint density at radius 3 is 1.62 bits per heavy atom. The molecule has 12 rings (SSSR count). The van der Waals surface area contributed by atoms with E-state index in [-0.39, 0.29) is 88.2 Å². The van der Waals surface area contributed by atoms with Crippen LogP contribution in [0.2, 0.25) is 0 Å². The molecule has 17 N–H and O–H groups in total. The van der Waals surface area contributed by atoms with Crippen LogP contribution in [0.1, 0.15) is 92.4 Å². The van der Waals surface area contributed by atoms with Gasteiger partial charge in [-0.3, -0.25) is 68.4 Å². The van der Waals surface area contributed by atoms with Crippen LogP contribution in [-0.2, 0) is 96.1 Å². The van der Waals surface area contributed by atoms with E-state index in [2.05, 4.69) is 67.1 Å². The van der Waals surface area contributed by atoms with Crippen LogP contribution in [-0.4, -0.2) is 201 Å². The lowest BCUT2D eigenvalue weighted by atomic mass is 9.82. The van der Waals surface area contributed by atoms with E-state index in [1.807, 2.05) is 42.5 Å². The second-order valence-electron chi connectivity index (χ2n) is 30.1. The molecular formula is C81H95N19O12S2. The fourth-order valence-electron chi connectivity index (χ4n) is 15.7. The zero-order chi connectivity index (χ0) is 80.7. The van der Waals surface area contributed by atoms with Crippen LogP contribution in [0.25, 0.3) is 21.8 Å². The van der Waals surface area contributed by atoms with Gasteiger partial charge in [0.1, 0.15) is 59.6 Å². The number of fused-ring (bicyclic) bond motifs is 9. The number of imidazole rings is 2. The number of Topliss-reactive ketones (excluding diaryl/α,β-unsaturated/α-hetero) is 4. The Morgan fingerprint density at radius 1 is 0.482 bits per heavy atom. The van der Waals surface area contributed by atoms with E-state index < -0.39 is 186 Å². The number of nitrogens with one attached hydrogen (secondary N) is 13. The molecule has 33 heteroatoms. The lowest BCUT2D eigenvalue weighted by Crippen LogP contribution is -2.60. The average Bonchev–Trinajstić information content (AvgIpc) is 1.65. The molecule has 2 bridgehead atoms. The second-order valence-corrected chi connectivity index (χ2v) is 32.7. The van der Waals surface area contributed by atoms with Crippen molar-refractivity contribution >= 4 is 126 Å². The quantitative estimate of drug-likeness (QED) is 0.0397. The third-order valence-electron chi connectivity index (χ3n) is 21.7. The molecule has 31 nitrogen and oxygen atoms in total. The molecule has 4 aliphatic rings. The van der Waals surface area contributed by atoms with Crippen molar-refractivity contribution in [1.29, 1.82) is 10.8 Å². The number of hydrogen-bond donors (Lipinski definition) is 15. The van der Waals surface area contributed by atoms with E-state index in [1.165, 1.54) is 35.6 Å². The number of guanidine groups is 1. The van der Waals surface area contributed by atoms with Gasteiger partial charge in [-0.15, -0.1) is 0 Å². The SMILES string of the molecule is C[C@@H]1CC(=O)[C@@H]2CSSC[C@H](NC(=O)[C@H](Cc3c[nH]c4ccccc34)NC(=O)[C@@H]3C[C@H](CC(=N)N)CN3C(=O)[C@@H](Cc3ccccc3)NC(=O)[C@H](Cc3c[nH]cn3)CC1=O)C(=O)N[C@@H](C)C(=O)N[C@@H](Cc1c[nH]cn1)C(=O)N[C@H](Cc1ccccc1)C(=O)N1C[C@@H](NC(=N)N)C[C@H]1C(=O)C[C@@H](Cc1c[nH]c3ccccc13)C(=O)C2. The molecule has 4 aromatic heterocycles. The zero-order valence-corrected chi connectivity index (χ0v) is 64.8. The number of ketones is 4. The number of amides is 8. The summed E-state index contributed by atoms with van der Waals surface area (Å²) in [6, 6.07) is 19.9. The van der Waals surface area contributed by atoms with Gasteiger partial charge in [-0.1, -0.05) is 126 Å². The van der Waals surface area contributed by atoms with Gasteiger partial charge in [0.25, 0.3) is 0 Å². The number of rotatable bonds is 15. The van der Waals surface area contributed by atoms with Gasteiger partial charge < -0.3 is 78.4 Å². The maximum absolute atomic E-state index is 15.8. The maximum atomic E-state index is 15.8. The summed E-state index contributed by atoms with van der Waals surface area (Å²) in [5.74, 6) is -15.0. The topological polar surface area (TPSA) is 484 Å². The van der Waals surface area contributed by atoms with Gasteiger partial charge in [0.15, 0.2) is 11.7 Å². The Labute approximate surface area is 664 Å². The fraction of sp³-hybridized carbons (Fsp3) is 0.407. The molecule has 0 radical (unpaired) electrons. The molecule has 8 amide bonds. The smallest absolute Gasteiger partial charge is 0.246 e. The molecule has 114 heavy (non-hydrogen) atoms. The summed E-state index contributed by atoms with van der Waals surface area (Å²) >= 11 is 0. The minimum atomic E-state index is -1.58. The number of nitrogens with two attached hydrogens (primary N) is 2. The highest BCUT2D eigenvalue weighted by Crippen LogP contribution is 2.34. The third-order valence-corrected chi connectivity index (χ3v) is 24.2. The first-order chi connectivity index (χ1) is 54.9. The van der Waals surface area contributed by atoms with Gasteiger partial charge in [-0.25, -0.2) is 9.97 Å². The highest BCUT2D eigenvalue weighted by Gasteiger charge is 2.47. The van der Waals surface area contributed by atoms with E-state index in [1.54, 1.807) is 92.2 Å². The van der Waals surface area contributed by atoms with E-state index in [9.17, 15) is 4.79 Å². The number of aromatic nitrogens is 6. The lowest BCUT2D eigenvalue weighted by molar-refractivity contribution is -0.143. The van der Waals surface area contributed by atoms with Crippen LogP contribution in [0.3, 0.4) is 0 Å².